The smallest absolute Gasteiger partial charge is 0.351 e. The molecule has 6 heteroatoms. The fourth-order valence-corrected chi connectivity index (χ4v) is 2.60. The summed E-state index contributed by atoms with van der Waals surface area (Å²) in [7, 11) is -0.428. The summed E-state index contributed by atoms with van der Waals surface area (Å²) < 4.78 is 16.7. The summed E-state index contributed by atoms with van der Waals surface area (Å²) in [4.78, 5) is 11.6. The van der Waals surface area contributed by atoms with Gasteiger partial charge in [0.15, 0.2) is 9.76 Å². The van der Waals surface area contributed by atoms with Crippen molar-refractivity contribution in [2.45, 2.75) is 58.3 Å². The molecule has 0 aromatic carbocycles. The number of halogens is 1. The monoisotopic (exact) mass is 322 g/mol. The lowest BCUT2D eigenvalue weighted by atomic mass is 10.1. The zero-order valence-corrected chi connectivity index (χ0v) is 15.0. The molecule has 0 saturated heterocycles. The average Bonchev–Trinajstić information content (AvgIpc) is 2.42. The minimum Gasteiger partial charge on any atom is -0.429 e. The first-order chi connectivity index (χ1) is 9.51. The van der Waals surface area contributed by atoms with Gasteiger partial charge < -0.3 is 13.9 Å². The van der Waals surface area contributed by atoms with Gasteiger partial charge in [-0.3, -0.25) is 0 Å². The molecule has 0 saturated carbocycles. The van der Waals surface area contributed by atoms with Gasteiger partial charge in [-0.05, 0) is 12.5 Å². The Kier molecular flexibility index (Phi) is 11.1. The third-order valence-electron chi connectivity index (χ3n) is 2.90. The molecule has 0 aromatic rings. The zero-order chi connectivity index (χ0) is 15.4. The lowest BCUT2D eigenvalue weighted by molar-refractivity contribution is -0.235. The van der Waals surface area contributed by atoms with Crippen molar-refractivity contribution >= 4 is 27.3 Å². The molecule has 1 atom stereocenters. The van der Waals surface area contributed by atoms with Crippen LogP contribution in [0.2, 0.25) is 6.04 Å². The first-order valence-corrected chi connectivity index (χ1v) is 9.26. The molecule has 0 spiro atoms. The molecule has 0 fully saturated rings. The van der Waals surface area contributed by atoms with Crippen LogP contribution in [-0.4, -0.2) is 34.7 Å². The highest BCUT2D eigenvalue weighted by atomic mass is 35.5. The maximum atomic E-state index is 11.6. The second kappa shape index (κ2) is 11.3. The highest BCUT2D eigenvalue weighted by Crippen LogP contribution is 2.26. The van der Waals surface area contributed by atoms with Crippen LogP contribution in [0.5, 0.6) is 0 Å². The lowest BCUT2D eigenvalue weighted by Crippen LogP contribution is -2.38. The van der Waals surface area contributed by atoms with Gasteiger partial charge in [-0.15, -0.1) is 0 Å². The molecule has 0 heterocycles. The van der Waals surface area contributed by atoms with Crippen molar-refractivity contribution in [2.75, 3.05) is 13.2 Å². The van der Waals surface area contributed by atoms with E-state index in [1.165, 1.54) is 6.04 Å². The van der Waals surface area contributed by atoms with Gasteiger partial charge in [0.05, 0.1) is 13.2 Å². The Morgan fingerprint density at radius 3 is 2.45 bits per heavy atom. The molecular formula is C14H27ClO4Si. The van der Waals surface area contributed by atoms with Crippen LogP contribution in [-0.2, 0) is 18.7 Å². The molecule has 1 unspecified atom stereocenters. The van der Waals surface area contributed by atoms with Gasteiger partial charge in [-0.25, -0.2) is 4.79 Å². The van der Waals surface area contributed by atoms with Crippen molar-refractivity contribution in [3.8, 4) is 0 Å². The highest BCUT2D eigenvalue weighted by Gasteiger charge is 2.33. The van der Waals surface area contributed by atoms with E-state index >= 15 is 0 Å². The minimum absolute atomic E-state index is 0.130. The van der Waals surface area contributed by atoms with Crippen LogP contribution in [0.15, 0.2) is 11.6 Å². The van der Waals surface area contributed by atoms with E-state index < -0.39 is 21.5 Å². The molecule has 0 bridgehead atoms. The number of hydrogen-bond donors (Lipinski definition) is 0. The van der Waals surface area contributed by atoms with Crippen LogP contribution in [0, 0.1) is 0 Å². The number of carbonyl (C=O) groups excluding carboxylic acids is 1. The molecule has 0 aliphatic carbocycles. The van der Waals surface area contributed by atoms with Crippen molar-refractivity contribution in [3.05, 3.63) is 11.6 Å². The molecule has 0 aliphatic heterocycles. The number of esters is 1. The Balaban J connectivity index is 4.31. The molecular weight excluding hydrogens is 296 g/mol. The van der Waals surface area contributed by atoms with Gasteiger partial charge in [0, 0.05) is 12.8 Å². The molecule has 0 N–H and O–H groups in total. The molecule has 0 radical (unpaired) electrons. The fraction of sp³-hybridized carbons (Fsp3) is 0.786. The van der Waals surface area contributed by atoms with Crippen molar-refractivity contribution in [1.29, 1.82) is 0 Å². The van der Waals surface area contributed by atoms with Crippen LogP contribution in [0.1, 0.15) is 46.5 Å². The van der Waals surface area contributed by atoms with E-state index in [0.717, 1.165) is 12.8 Å². The maximum absolute atomic E-state index is 11.6. The first-order valence-electron chi connectivity index (χ1n) is 7.30. The van der Waals surface area contributed by atoms with Gasteiger partial charge in [0.1, 0.15) is 5.03 Å². The Labute approximate surface area is 129 Å². The maximum Gasteiger partial charge on any atom is 0.351 e. The largest absolute Gasteiger partial charge is 0.429 e. The zero-order valence-electron chi connectivity index (χ0n) is 12.9. The number of carbonyl (C=O) groups is 1. The predicted molar refractivity (Wildman–Crippen MR) is 84.6 cm³/mol. The van der Waals surface area contributed by atoms with Crippen LogP contribution >= 0.6 is 11.6 Å². The number of hydrogen-bond acceptors (Lipinski definition) is 4. The van der Waals surface area contributed by atoms with Crippen LogP contribution < -0.4 is 0 Å². The fourth-order valence-electron chi connectivity index (χ4n) is 1.74. The molecule has 0 aliphatic rings. The number of ether oxygens (including phenoxy) is 2. The third-order valence-corrected chi connectivity index (χ3v) is 4.63. The van der Waals surface area contributed by atoms with E-state index in [0.29, 0.717) is 26.1 Å². The first kappa shape index (κ1) is 19.6. The normalized spacial score (nSPS) is 14.4. The topological polar surface area (TPSA) is 44.8 Å². The number of rotatable bonds is 12. The van der Waals surface area contributed by atoms with E-state index in [1.807, 2.05) is 13.8 Å². The summed E-state index contributed by atoms with van der Waals surface area (Å²) in [6, 6.07) is 1.18. The van der Waals surface area contributed by atoms with Gasteiger partial charge in [0.25, 0.3) is 0 Å². The van der Waals surface area contributed by atoms with Crippen LogP contribution in [0.25, 0.3) is 0 Å². The summed E-state index contributed by atoms with van der Waals surface area (Å²) in [5.74, 6) is -1.54. The van der Waals surface area contributed by atoms with E-state index in [2.05, 4.69) is 13.5 Å². The van der Waals surface area contributed by atoms with Gasteiger partial charge in [-0.1, -0.05) is 45.4 Å². The standard InChI is InChI=1S/C14H27ClO4Si/c1-5-8-14(7-3,19-13(16)12(4)15)17-9-10-18-20-11-6-2/h4-11,20H2,1-3H3. The Hall–Kier alpha value is -0.363. The van der Waals surface area contributed by atoms with E-state index in [-0.39, 0.29) is 5.03 Å². The summed E-state index contributed by atoms with van der Waals surface area (Å²) in [6.45, 7) is 10.4. The second-order valence-electron chi connectivity index (χ2n) is 4.62. The molecule has 0 rings (SSSR count). The predicted octanol–water partition coefficient (Wildman–Crippen LogP) is 3.13. The molecule has 0 aromatic heterocycles. The van der Waals surface area contributed by atoms with E-state index in [4.69, 9.17) is 25.5 Å². The van der Waals surface area contributed by atoms with Crippen molar-refractivity contribution in [3.63, 3.8) is 0 Å². The molecule has 20 heavy (non-hydrogen) atoms. The summed E-state index contributed by atoms with van der Waals surface area (Å²) in [6.07, 6.45) is 3.22. The Bertz CT molecular complexity index is 299. The SMILES string of the molecule is C=C(Cl)C(=O)OC(CC)(CCC)OCCO[SiH2]CCC. The summed E-state index contributed by atoms with van der Waals surface area (Å²) in [5.41, 5.74) is 0. The highest BCUT2D eigenvalue weighted by molar-refractivity contribution is 6.40. The Morgan fingerprint density at radius 2 is 1.95 bits per heavy atom. The molecule has 4 nitrogen and oxygen atoms in total. The third kappa shape index (κ3) is 8.04. The second-order valence-corrected chi connectivity index (χ2v) is 6.60. The lowest BCUT2D eigenvalue weighted by Gasteiger charge is -2.32. The quantitative estimate of drug-likeness (QED) is 0.182. The average molecular weight is 323 g/mol. The van der Waals surface area contributed by atoms with Gasteiger partial charge >= 0.3 is 5.97 Å². The summed E-state index contributed by atoms with van der Waals surface area (Å²) >= 11 is 5.57. The van der Waals surface area contributed by atoms with Gasteiger partial charge in [0.2, 0.25) is 5.79 Å². The van der Waals surface area contributed by atoms with E-state index in [1.54, 1.807) is 0 Å². The van der Waals surface area contributed by atoms with Crippen molar-refractivity contribution in [1.82, 2.24) is 0 Å². The van der Waals surface area contributed by atoms with Crippen molar-refractivity contribution in [2.24, 2.45) is 0 Å². The molecule has 118 valence electrons. The molecule has 0 amide bonds. The Morgan fingerprint density at radius 1 is 1.25 bits per heavy atom. The van der Waals surface area contributed by atoms with E-state index in [9.17, 15) is 4.79 Å². The van der Waals surface area contributed by atoms with Crippen molar-refractivity contribution < 1.29 is 18.7 Å². The van der Waals surface area contributed by atoms with Crippen LogP contribution in [0.3, 0.4) is 0 Å². The van der Waals surface area contributed by atoms with Crippen LogP contribution in [0.4, 0.5) is 0 Å². The minimum atomic E-state index is -0.917. The van der Waals surface area contributed by atoms with Gasteiger partial charge in [-0.2, -0.15) is 0 Å². The summed E-state index contributed by atoms with van der Waals surface area (Å²) in [5, 5.41) is -0.130.